The summed E-state index contributed by atoms with van der Waals surface area (Å²) in [6, 6.07) is 10.0. The van der Waals surface area contributed by atoms with Crippen molar-refractivity contribution in [2.45, 2.75) is 25.2 Å². The molecule has 3 nitrogen and oxygen atoms in total. The fraction of sp³-hybridized carbons (Fsp3) is 0.333. The first-order valence-corrected chi connectivity index (χ1v) is 6.33. The maximum atomic E-state index is 11.2. The lowest BCUT2D eigenvalue weighted by atomic mass is 9.88. The fourth-order valence-electron chi connectivity index (χ4n) is 2.98. The van der Waals surface area contributed by atoms with Crippen LogP contribution in [0.25, 0.3) is 10.9 Å². The number of carboxylic acids is 1. The van der Waals surface area contributed by atoms with Crippen molar-refractivity contribution in [2.24, 2.45) is 5.92 Å². The number of carboxylic acid groups (broad SMARTS) is 1. The molecule has 1 aliphatic rings. The summed E-state index contributed by atoms with van der Waals surface area (Å²) in [5.74, 6) is -0.727. The summed E-state index contributed by atoms with van der Waals surface area (Å²) >= 11 is 0. The molecule has 1 heterocycles. The van der Waals surface area contributed by atoms with E-state index in [4.69, 9.17) is 0 Å². The lowest BCUT2D eigenvalue weighted by molar-refractivity contribution is -0.142. The minimum Gasteiger partial charge on any atom is -0.481 e. The summed E-state index contributed by atoms with van der Waals surface area (Å²) in [5.41, 5.74) is 2.10. The normalized spacial score (nSPS) is 23.3. The van der Waals surface area contributed by atoms with E-state index in [0.29, 0.717) is 0 Å². The highest BCUT2D eigenvalue weighted by molar-refractivity contribution is 5.79. The van der Waals surface area contributed by atoms with Gasteiger partial charge in [0, 0.05) is 11.6 Å². The average Bonchev–Trinajstić information content (AvgIpc) is 2.87. The third-order valence-electron chi connectivity index (χ3n) is 3.89. The number of rotatable bonds is 2. The Morgan fingerprint density at radius 1 is 1.28 bits per heavy atom. The highest BCUT2D eigenvalue weighted by atomic mass is 16.4. The van der Waals surface area contributed by atoms with E-state index in [1.807, 2.05) is 24.3 Å². The van der Waals surface area contributed by atoms with Crippen LogP contribution in [0.5, 0.6) is 0 Å². The number of aliphatic carboxylic acids is 1. The molecule has 0 spiro atoms. The van der Waals surface area contributed by atoms with Crippen molar-refractivity contribution < 1.29 is 9.90 Å². The maximum absolute atomic E-state index is 11.2. The molecule has 0 aliphatic heterocycles. The van der Waals surface area contributed by atoms with Gasteiger partial charge in [0.25, 0.3) is 0 Å². The van der Waals surface area contributed by atoms with Gasteiger partial charge < -0.3 is 5.11 Å². The van der Waals surface area contributed by atoms with Gasteiger partial charge in [-0.15, -0.1) is 0 Å². The largest absolute Gasteiger partial charge is 0.481 e. The smallest absolute Gasteiger partial charge is 0.307 e. The molecule has 1 aliphatic carbocycles. The van der Waals surface area contributed by atoms with E-state index in [0.717, 1.165) is 35.7 Å². The molecule has 3 heteroatoms. The Kier molecular flexibility index (Phi) is 2.74. The minimum absolute atomic E-state index is 0.159. The lowest BCUT2D eigenvalue weighted by Gasteiger charge is -2.16. The summed E-state index contributed by atoms with van der Waals surface area (Å²) in [6.45, 7) is 0. The van der Waals surface area contributed by atoms with Gasteiger partial charge in [-0.3, -0.25) is 9.78 Å². The number of fused-ring (bicyclic) bond motifs is 1. The second-order valence-electron chi connectivity index (χ2n) is 4.94. The van der Waals surface area contributed by atoms with Gasteiger partial charge in [0.1, 0.15) is 0 Å². The van der Waals surface area contributed by atoms with Crippen LogP contribution < -0.4 is 0 Å². The molecule has 0 amide bonds. The SMILES string of the molecule is O=C(O)[C@@H]1CCC[C@H]1c1ccc2ncccc2c1. The lowest BCUT2D eigenvalue weighted by Crippen LogP contribution is -2.16. The Bertz CT molecular complexity index is 594. The topological polar surface area (TPSA) is 50.2 Å². The van der Waals surface area contributed by atoms with Crippen molar-refractivity contribution in [3.8, 4) is 0 Å². The summed E-state index contributed by atoms with van der Waals surface area (Å²) in [5, 5.41) is 10.3. The molecule has 0 radical (unpaired) electrons. The Hall–Kier alpha value is -1.90. The zero-order valence-electron chi connectivity index (χ0n) is 10.0. The van der Waals surface area contributed by atoms with Crippen LogP contribution in [0.15, 0.2) is 36.5 Å². The molecular weight excluding hydrogens is 226 g/mol. The van der Waals surface area contributed by atoms with Gasteiger partial charge in [-0.2, -0.15) is 0 Å². The van der Waals surface area contributed by atoms with E-state index in [1.54, 1.807) is 6.20 Å². The van der Waals surface area contributed by atoms with Crippen molar-refractivity contribution in [2.75, 3.05) is 0 Å². The summed E-state index contributed by atoms with van der Waals surface area (Å²) < 4.78 is 0. The molecule has 2 aromatic rings. The highest BCUT2D eigenvalue weighted by Gasteiger charge is 2.33. The van der Waals surface area contributed by atoms with Gasteiger partial charge in [0.2, 0.25) is 0 Å². The van der Waals surface area contributed by atoms with Crippen molar-refractivity contribution in [3.63, 3.8) is 0 Å². The van der Waals surface area contributed by atoms with Gasteiger partial charge in [-0.1, -0.05) is 18.6 Å². The van der Waals surface area contributed by atoms with E-state index < -0.39 is 5.97 Å². The van der Waals surface area contributed by atoms with Crippen molar-refractivity contribution >= 4 is 16.9 Å². The van der Waals surface area contributed by atoms with Crippen LogP contribution in [0, 0.1) is 5.92 Å². The number of carbonyl (C=O) groups is 1. The first-order valence-electron chi connectivity index (χ1n) is 6.33. The molecule has 3 rings (SSSR count). The van der Waals surface area contributed by atoms with Gasteiger partial charge in [-0.25, -0.2) is 0 Å². The van der Waals surface area contributed by atoms with Crippen molar-refractivity contribution in [1.29, 1.82) is 0 Å². The van der Waals surface area contributed by atoms with Crippen LogP contribution in [0.2, 0.25) is 0 Å². The first-order chi connectivity index (χ1) is 8.75. The quantitative estimate of drug-likeness (QED) is 0.878. The zero-order chi connectivity index (χ0) is 12.5. The molecule has 0 unspecified atom stereocenters. The Balaban J connectivity index is 2.01. The number of benzene rings is 1. The number of nitrogens with zero attached hydrogens (tertiary/aromatic N) is 1. The van der Waals surface area contributed by atoms with Crippen LogP contribution in [-0.4, -0.2) is 16.1 Å². The van der Waals surface area contributed by atoms with Gasteiger partial charge in [-0.05, 0) is 42.5 Å². The molecule has 0 saturated heterocycles. The molecule has 1 saturated carbocycles. The Labute approximate surface area is 105 Å². The van der Waals surface area contributed by atoms with Crippen LogP contribution >= 0.6 is 0 Å². The molecule has 1 fully saturated rings. The van der Waals surface area contributed by atoms with E-state index >= 15 is 0 Å². The molecule has 0 bridgehead atoms. The van der Waals surface area contributed by atoms with Gasteiger partial charge >= 0.3 is 5.97 Å². The molecule has 1 aromatic carbocycles. The molecule has 18 heavy (non-hydrogen) atoms. The van der Waals surface area contributed by atoms with Gasteiger partial charge in [0.15, 0.2) is 0 Å². The van der Waals surface area contributed by atoms with Crippen molar-refractivity contribution in [3.05, 3.63) is 42.1 Å². The monoisotopic (exact) mass is 241 g/mol. The third kappa shape index (κ3) is 1.86. The van der Waals surface area contributed by atoms with Crippen LogP contribution in [0.3, 0.4) is 0 Å². The van der Waals surface area contributed by atoms with E-state index in [1.165, 1.54) is 0 Å². The Morgan fingerprint density at radius 2 is 2.17 bits per heavy atom. The number of hydrogen-bond acceptors (Lipinski definition) is 2. The molecule has 2 atom stereocenters. The first kappa shape index (κ1) is 11.2. The van der Waals surface area contributed by atoms with Crippen LogP contribution in [0.4, 0.5) is 0 Å². The second kappa shape index (κ2) is 4.41. The summed E-state index contributed by atoms with van der Waals surface area (Å²) in [4.78, 5) is 15.5. The van der Waals surface area contributed by atoms with Crippen molar-refractivity contribution in [1.82, 2.24) is 4.98 Å². The Morgan fingerprint density at radius 3 is 3.00 bits per heavy atom. The van der Waals surface area contributed by atoms with Gasteiger partial charge in [0.05, 0.1) is 11.4 Å². The maximum Gasteiger partial charge on any atom is 0.307 e. The number of pyridine rings is 1. The van der Waals surface area contributed by atoms with E-state index in [-0.39, 0.29) is 11.8 Å². The number of aromatic nitrogens is 1. The standard InChI is InChI=1S/C15H15NO2/c17-15(18)13-5-1-4-12(13)10-6-7-14-11(9-10)3-2-8-16-14/h2-3,6-9,12-13H,1,4-5H2,(H,17,18)/t12-,13+/m0/s1. The molecular formula is C15H15NO2. The van der Waals surface area contributed by atoms with Crippen LogP contribution in [-0.2, 0) is 4.79 Å². The highest BCUT2D eigenvalue weighted by Crippen LogP contribution is 2.40. The second-order valence-corrected chi connectivity index (χ2v) is 4.94. The number of hydrogen-bond donors (Lipinski definition) is 1. The molecule has 1 N–H and O–H groups in total. The minimum atomic E-state index is -0.663. The summed E-state index contributed by atoms with van der Waals surface area (Å²) in [6.07, 6.45) is 4.55. The fourth-order valence-corrected chi connectivity index (χ4v) is 2.98. The van der Waals surface area contributed by atoms with Crippen LogP contribution in [0.1, 0.15) is 30.7 Å². The zero-order valence-corrected chi connectivity index (χ0v) is 10.0. The summed E-state index contributed by atoms with van der Waals surface area (Å²) in [7, 11) is 0. The predicted octanol–water partition coefficient (Wildman–Crippen LogP) is 3.20. The molecule has 1 aromatic heterocycles. The van der Waals surface area contributed by atoms with E-state index in [9.17, 15) is 9.90 Å². The third-order valence-corrected chi connectivity index (χ3v) is 3.89. The van der Waals surface area contributed by atoms with E-state index in [2.05, 4.69) is 11.1 Å². The molecule has 92 valence electrons. The average molecular weight is 241 g/mol. The predicted molar refractivity (Wildman–Crippen MR) is 69.5 cm³/mol.